The van der Waals surface area contributed by atoms with E-state index in [2.05, 4.69) is 20.5 Å². The highest BCUT2D eigenvalue weighted by molar-refractivity contribution is 6.31. The van der Waals surface area contributed by atoms with Crippen LogP contribution in [0.25, 0.3) is 11.1 Å². The molecule has 0 radical (unpaired) electrons. The largest absolute Gasteiger partial charge is 0.383 e. The van der Waals surface area contributed by atoms with E-state index < -0.39 is 5.82 Å². The minimum Gasteiger partial charge on any atom is -0.383 e. The van der Waals surface area contributed by atoms with Gasteiger partial charge >= 0.3 is 0 Å². The topological polar surface area (TPSA) is 136 Å². The lowest BCUT2D eigenvalue weighted by Crippen LogP contribution is -2.40. The van der Waals surface area contributed by atoms with Crippen LogP contribution in [0.4, 0.5) is 15.9 Å². The summed E-state index contributed by atoms with van der Waals surface area (Å²) in [5.41, 5.74) is 8.01. The van der Waals surface area contributed by atoms with Crippen LogP contribution in [0.5, 0.6) is 0 Å². The molecule has 3 heterocycles. The van der Waals surface area contributed by atoms with E-state index in [4.69, 9.17) is 29.0 Å². The van der Waals surface area contributed by atoms with Crippen molar-refractivity contribution >= 4 is 28.9 Å². The lowest BCUT2D eigenvalue weighted by molar-refractivity contribution is 0.491. The van der Waals surface area contributed by atoms with E-state index in [1.54, 1.807) is 24.5 Å². The zero-order chi connectivity index (χ0) is 21.3. The van der Waals surface area contributed by atoms with E-state index in [0.29, 0.717) is 11.6 Å². The van der Waals surface area contributed by atoms with Gasteiger partial charge in [-0.2, -0.15) is 10.2 Å². The highest BCUT2D eigenvalue weighted by Gasteiger charge is 2.22. The second kappa shape index (κ2) is 8.27. The molecule has 1 saturated heterocycles. The monoisotopic (exact) mass is 429 g/mol. The molecule has 7 N–H and O–H groups in total. The molecule has 0 bridgehead atoms. The molecule has 1 aliphatic heterocycles. The van der Waals surface area contributed by atoms with Crippen LogP contribution in [0.3, 0.4) is 0 Å². The number of hydrazine groups is 1. The first-order valence-corrected chi connectivity index (χ1v) is 9.65. The predicted octanol–water partition coefficient (Wildman–Crippen LogP) is 1.85. The van der Waals surface area contributed by atoms with E-state index in [-0.39, 0.29) is 22.4 Å². The SMILES string of the molecule is N/N=C(/c1cc(-c2cnn(C3CCNC3)c2)cnc1N)N(N)c1cccc(Cl)c1F. The maximum absolute atomic E-state index is 14.4. The zero-order valence-corrected chi connectivity index (χ0v) is 16.7. The molecule has 156 valence electrons. The molecular weight excluding hydrogens is 409 g/mol. The summed E-state index contributed by atoms with van der Waals surface area (Å²) in [6.07, 6.45) is 6.35. The van der Waals surface area contributed by atoms with Crippen molar-refractivity contribution in [1.82, 2.24) is 20.1 Å². The molecule has 0 amide bonds. The number of pyridine rings is 1. The minimum absolute atomic E-state index is 0.00180. The summed E-state index contributed by atoms with van der Waals surface area (Å²) in [4.78, 5) is 4.24. The predicted molar refractivity (Wildman–Crippen MR) is 115 cm³/mol. The number of amidine groups is 1. The molecule has 4 rings (SSSR count). The standard InChI is InChI=1S/C19H21ClFN9/c20-15-2-1-3-16(17(15)21)30(24)19(28-23)14-6-11(7-26-18(14)22)12-8-27-29(10-12)13-4-5-25-9-13/h1-3,6-8,10,13,25H,4-5,9,23-24H2,(H2,22,26)/b28-19-. The van der Waals surface area contributed by atoms with Crippen LogP contribution in [0.1, 0.15) is 18.0 Å². The molecule has 9 nitrogen and oxygen atoms in total. The second-order valence-electron chi connectivity index (χ2n) is 6.91. The average molecular weight is 430 g/mol. The third kappa shape index (κ3) is 3.67. The number of nitrogen functional groups attached to an aromatic ring is 1. The third-order valence-electron chi connectivity index (χ3n) is 5.04. The van der Waals surface area contributed by atoms with Gasteiger partial charge in [-0.05, 0) is 31.2 Å². The van der Waals surface area contributed by atoms with Gasteiger partial charge in [0, 0.05) is 30.1 Å². The number of hydrogen-bond donors (Lipinski definition) is 4. The van der Waals surface area contributed by atoms with E-state index >= 15 is 0 Å². The van der Waals surface area contributed by atoms with Gasteiger partial charge in [-0.15, -0.1) is 0 Å². The van der Waals surface area contributed by atoms with Crippen LogP contribution >= 0.6 is 11.6 Å². The number of hydrazone groups is 1. The third-order valence-corrected chi connectivity index (χ3v) is 5.34. The van der Waals surface area contributed by atoms with E-state index in [1.165, 1.54) is 12.1 Å². The number of nitrogens with two attached hydrogens (primary N) is 3. The molecular formula is C19H21ClFN9. The van der Waals surface area contributed by atoms with Crippen molar-refractivity contribution in [3.05, 3.63) is 59.3 Å². The molecule has 0 aliphatic carbocycles. The number of halogens is 2. The Morgan fingerprint density at radius 3 is 2.90 bits per heavy atom. The fourth-order valence-corrected chi connectivity index (χ4v) is 3.59. The maximum atomic E-state index is 14.4. The molecule has 0 saturated carbocycles. The smallest absolute Gasteiger partial charge is 0.178 e. The van der Waals surface area contributed by atoms with E-state index in [1.807, 2.05) is 10.9 Å². The highest BCUT2D eigenvalue weighted by Crippen LogP contribution is 2.28. The molecule has 11 heteroatoms. The molecule has 3 aromatic rings. The average Bonchev–Trinajstić information content (AvgIpc) is 3.43. The van der Waals surface area contributed by atoms with Gasteiger partial charge in [-0.3, -0.25) is 9.69 Å². The number of nitrogens with zero attached hydrogens (tertiary/aromatic N) is 5. The van der Waals surface area contributed by atoms with Gasteiger partial charge in [0.05, 0.1) is 28.5 Å². The van der Waals surface area contributed by atoms with Crippen molar-refractivity contribution in [2.75, 3.05) is 23.8 Å². The van der Waals surface area contributed by atoms with Crippen molar-refractivity contribution in [2.24, 2.45) is 16.8 Å². The van der Waals surface area contributed by atoms with Crippen LogP contribution in [0.15, 0.2) is 48.0 Å². The summed E-state index contributed by atoms with van der Waals surface area (Å²) >= 11 is 5.87. The number of aromatic nitrogens is 3. The van der Waals surface area contributed by atoms with E-state index in [9.17, 15) is 4.39 Å². The van der Waals surface area contributed by atoms with Gasteiger partial charge in [-0.1, -0.05) is 17.7 Å². The number of hydrogen-bond acceptors (Lipinski definition) is 7. The molecule has 0 spiro atoms. The lowest BCUT2D eigenvalue weighted by atomic mass is 10.1. The number of nitrogens with one attached hydrogen (secondary N) is 1. The number of anilines is 2. The summed E-state index contributed by atoms with van der Waals surface area (Å²) in [5.74, 6) is 11.2. The van der Waals surface area contributed by atoms with Crippen molar-refractivity contribution in [1.29, 1.82) is 0 Å². The second-order valence-corrected chi connectivity index (χ2v) is 7.32. The summed E-state index contributed by atoms with van der Waals surface area (Å²) in [6, 6.07) is 6.50. The Bertz CT molecular complexity index is 1090. The van der Waals surface area contributed by atoms with Crippen LogP contribution < -0.4 is 27.7 Å². The quantitative estimate of drug-likeness (QED) is 0.215. The Balaban J connectivity index is 1.69. The van der Waals surface area contributed by atoms with Crippen LogP contribution in [-0.2, 0) is 0 Å². The van der Waals surface area contributed by atoms with Crippen LogP contribution in [0, 0.1) is 5.82 Å². The first-order valence-electron chi connectivity index (χ1n) is 9.27. The maximum Gasteiger partial charge on any atom is 0.178 e. The molecule has 1 aliphatic rings. The van der Waals surface area contributed by atoms with Gasteiger partial charge in [0.2, 0.25) is 0 Å². The zero-order valence-electron chi connectivity index (χ0n) is 16.0. The molecule has 1 atom stereocenters. The van der Waals surface area contributed by atoms with Gasteiger partial charge in [0.15, 0.2) is 11.7 Å². The number of benzene rings is 1. The summed E-state index contributed by atoms with van der Waals surface area (Å²) in [6.45, 7) is 1.85. The van der Waals surface area contributed by atoms with Crippen molar-refractivity contribution in [2.45, 2.75) is 12.5 Å². The van der Waals surface area contributed by atoms with Gasteiger partial charge in [-0.25, -0.2) is 15.2 Å². The minimum atomic E-state index is -0.697. The van der Waals surface area contributed by atoms with Gasteiger partial charge < -0.3 is 16.9 Å². The van der Waals surface area contributed by atoms with Crippen molar-refractivity contribution < 1.29 is 4.39 Å². The fourth-order valence-electron chi connectivity index (χ4n) is 3.42. The molecule has 1 aromatic carbocycles. The Morgan fingerprint density at radius 1 is 1.33 bits per heavy atom. The van der Waals surface area contributed by atoms with Crippen molar-refractivity contribution in [3.63, 3.8) is 0 Å². The van der Waals surface area contributed by atoms with Crippen molar-refractivity contribution in [3.8, 4) is 11.1 Å². The molecule has 1 fully saturated rings. The van der Waals surface area contributed by atoms with Gasteiger partial charge in [0.1, 0.15) is 5.82 Å². The summed E-state index contributed by atoms with van der Waals surface area (Å²) in [5, 5.41) is 12.4. The fraction of sp³-hybridized carbons (Fsp3) is 0.211. The Morgan fingerprint density at radius 2 is 2.17 bits per heavy atom. The summed E-state index contributed by atoms with van der Waals surface area (Å²) in [7, 11) is 0. The normalized spacial score (nSPS) is 16.8. The summed E-state index contributed by atoms with van der Waals surface area (Å²) < 4.78 is 16.4. The molecule has 30 heavy (non-hydrogen) atoms. The first kappa shape index (κ1) is 20.1. The molecule has 2 aromatic heterocycles. The highest BCUT2D eigenvalue weighted by atomic mass is 35.5. The number of rotatable bonds is 4. The molecule has 1 unspecified atom stereocenters. The van der Waals surface area contributed by atoms with Crippen LogP contribution in [0.2, 0.25) is 5.02 Å². The Hall–Kier alpha value is -3.21. The first-order chi connectivity index (χ1) is 14.5. The van der Waals surface area contributed by atoms with Crippen LogP contribution in [-0.4, -0.2) is 33.7 Å². The van der Waals surface area contributed by atoms with Gasteiger partial charge in [0.25, 0.3) is 0 Å². The van der Waals surface area contributed by atoms with E-state index in [0.717, 1.165) is 35.6 Å². The Labute approximate surface area is 177 Å². The lowest BCUT2D eigenvalue weighted by Gasteiger charge is -2.22. The Kier molecular flexibility index (Phi) is 5.53.